The molecule has 2 heterocycles. The molecule has 2 aliphatic rings. The summed E-state index contributed by atoms with van der Waals surface area (Å²) in [6.07, 6.45) is 7.00. The average molecular weight is 396 g/mol. The summed E-state index contributed by atoms with van der Waals surface area (Å²) in [5.41, 5.74) is 1.07. The Labute approximate surface area is 172 Å². The van der Waals surface area contributed by atoms with Crippen molar-refractivity contribution in [2.24, 2.45) is 0 Å². The summed E-state index contributed by atoms with van der Waals surface area (Å²) in [5.74, 6) is 1.45. The van der Waals surface area contributed by atoms with Gasteiger partial charge in [-0.2, -0.15) is 0 Å². The molecule has 1 aliphatic carbocycles. The average Bonchev–Trinajstić information content (AvgIpc) is 2.74. The van der Waals surface area contributed by atoms with Crippen LogP contribution in [0.2, 0.25) is 0 Å². The number of methoxy groups -OCH3 is 1. The third-order valence-corrected chi connectivity index (χ3v) is 6.12. The maximum atomic E-state index is 12.9. The van der Waals surface area contributed by atoms with Gasteiger partial charge in [-0.3, -0.25) is 4.98 Å². The van der Waals surface area contributed by atoms with Gasteiger partial charge in [-0.15, -0.1) is 0 Å². The largest absolute Gasteiger partial charge is 0.493 e. The zero-order chi connectivity index (χ0) is 20.1. The van der Waals surface area contributed by atoms with Gasteiger partial charge in [0.1, 0.15) is 6.10 Å². The molecule has 1 aromatic heterocycles. The minimum Gasteiger partial charge on any atom is -0.493 e. The second kappa shape index (κ2) is 8.72. The predicted octanol–water partition coefficient (Wildman–Crippen LogP) is 3.76. The molecule has 1 saturated carbocycles. The number of ether oxygens (including phenoxy) is 2. The number of rotatable bonds is 6. The Hall–Kier alpha value is -2.76. The lowest BCUT2D eigenvalue weighted by Crippen LogP contribution is -2.52. The van der Waals surface area contributed by atoms with Crippen LogP contribution in [0.5, 0.6) is 11.5 Å². The summed E-state index contributed by atoms with van der Waals surface area (Å²) >= 11 is 0. The number of hydrogen-bond acceptors (Lipinski definition) is 4. The van der Waals surface area contributed by atoms with Crippen molar-refractivity contribution in [1.29, 1.82) is 0 Å². The molecule has 1 saturated heterocycles. The SMILES string of the molecule is COc1ccccc1OC1CCCN(C(=O)NCC2(c3ccccn3)CCC2)C1. The Bertz CT molecular complexity index is 823. The number of aromatic nitrogens is 1. The highest BCUT2D eigenvalue weighted by atomic mass is 16.5. The molecule has 0 spiro atoms. The van der Waals surface area contributed by atoms with Crippen molar-refractivity contribution in [1.82, 2.24) is 15.2 Å². The van der Waals surface area contributed by atoms with Crippen LogP contribution >= 0.6 is 0 Å². The highest BCUT2D eigenvalue weighted by Gasteiger charge is 2.40. The Morgan fingerprint density at radius 2 is 1.97 bits per heavy atom. The number of hydrogen-bond donors (Lipinski definition) is 1. The topological polar surface area (TPSA) is 63.7 Å². The van der Waals surface area contributed by atoms with Crippen LogP contribution < -0.4 is 14.8 Å². The quantitative estimate of drug-likeness (QED) is 0.809. The van der Waals surface area contributed by atoms with E-state index in [4.69, 9.17) is 9.47 Å². The predicted molar refractivity (Wildman–Crippen MR) is 111 cm³/mol. The van der Waals surface area contributed by atoms with E-state index in [0.29, 0.717) is 13.1 Å². The van der Waals surface area contributed by atoms with Gasteiger partial charge in [-0.05, 0) is 49.9 Å². The standard InChI is InChI=1S/C23H29N3O3/c1-28-19-9-2-3-10-20(19)29-18-8-6-15-26(16-18)22(27)25-17-23(12-7-13-23)21-11-4-5-14-24-21/h2-5,9-11,14,18H,6-8,12-13,15-17H2,1H3,(H,25,27). The van der Waals surface area contributed by atoms with E-state index in [1.165, 1.54) is 6.42 Å². The lowest BCUT2D eigenvalue weighted by molar-refractivity contribution is 0.0970. The van der Waals surface area contributed by atoms with Gasteiger partial charge in [-0.1, -0.05) is 24.6 Å². The van der Waals surface area contributed by atoms with E-state index in [1.54, 1.807) is 7.11 Å². The van der Waals surface area contributed by atoms with Crippen molar-refractivity contribution in [3.63, 3.8) is 0 Å². The molecule has 1 N–H and O–H groups in total. The van der Waals surface area contributed by atoms with Crippen LogP contribution in [0, 0.1) is 0 Å². The van der Waals surface area contributed by atoms with E-state index in [0.717, 1.165) is 49.4 Å². The van der Waals surface area contributed by atoms with Crippen LogP contribution in [0.15, 0.2) is 48.7 Å². The van der Waals surface area contributed by atoms with Gasteiger partial charge >= 0.3 is 6.03 Å². The number of amides is 2. The monoisotopic (exact) mass is 395 g/mol. The Morgan fingerprint density at radius 3 is 2.66 bits per heavy atom. The first-order valence-electron chi connectivity index (χ1n) is 10.4. The highest BCUT2D eigenvalue weighted by Crippen LogP contribution is 2.42. The number of piperidine rings is 1. The Kier molecular flexibility index (Phi) is 5.88. The summed E-state index contributed by atoms with van der Waals surface area (Å²) in [6, 6.07) is 13.7. The third kappa shape index (κ3) is 4.31. The number of nitrogens with one attached hydrogen (secondary N) is 1. The summed E-state index contributed by atoms with van der Waals surface area (Å²) in [6.45, 7) is 1.98. The molecule has 154 valence electrons. The number of urea groups is 1. The number of benzene rings is 1. The molecule has 1 unspecified atom stereocenters. The minimum absolute atomic E-state index is 0.0134. The van der Waals surface area contributed by atoms with Crippen molar-refractivity contribution in [2.45, 2.75) is 43.6 Å². The fourth-order valence-corrected chi connectivity index (χ4v) is 4.27. The summed E-state index contributed by atoms with van der Waals surface area (Å²) in [5, 5.41) is 3.17. The van der Waals surface area contributed by atoms with Crippen molar-refractivity contribution >= 4 is 6.03 Å². The molecule has 4 rings (SSSR count). The highest BCUT2D eigenvalue weighted by molar-refractivity contribution is 5.74. The number of likely N-dealkylation sites (tertiary alicyclic amines) is 1. The fraction of sp³-hybridized carbons (Fsp3) is 0.478. The number of carbonyl (C=O) groups is 1. The molecule has 1 atom stereocenters. The van der Waals surface area contributed by atoms with Gasteiger partial charge in [0.05, 0.1) is 13.7 Å². The Morgan fingerprint density at radius 1 is 1.17 bits per heavy atom. The van der Waals surface area contributed by atoms with Crippen LogP contribution in [-0.4, -0.2) is 48.8 Å². The molecular formula is C23H29N3O3. The number of carbonyl (C=O) groups excluding carboxylic acids is 1. The molecule has 6 heteroatoms. The molecule has 0 bridgehead atoms. The smallest absolute Gasteiger partial charge is 0.317 e. The van der Waals surface area contributed by atoms with E-state index in [-0.39, 0.29) is 17.6 Å². The van der Waals surface area contributed by atoms with Crippen LogP contribution in [-0.2, 0) is 5.41 Å². The molecule has 2 fully saturated rings. The fourth-order valence-electron chi connectivity index (χ4n) is 4.27. The van der Waals surface area contributed by atoms with Crippen molar-refractivity contribution in [3.8, 4) is 11.5 Å². The minimum atomic E-state index is -0.0285. The van der Waals surface area contributed by atoms with Gasteiger partial charge in [0.25, 0.3) is 0 Å². The van der Waals surface area contributed by atoms with Gasteiger partial charge in [0.2, 0.25) is 0 Å². The van der Waals surface area contributed by atoms with Gasteiger partial charge < -0.3 is 19.7 Å². The number of para-hydroxylation sites is 2. The summed E-state index contributed by atoms with van der Waals surface area (Å²) in [7, 11) is 1.64. The van der Waals surface area contributed by atoms with E-state index in [2.05, 4.69) is 16.4 Å². The maximum Gasteiger partial charge on any atom is 0.317 e. The zero-order valence-corrected chi connectivity index (χ0v) is 17.0. The summed E-state index contributed by atoms with van der Waals surface area (Å²) in [4.78, 5) is 19.3. The summed E-state index contributed by atoms with van der Waals surface area (Å²) < 4.78 is 11.5. The molecule has 29 heavy (non-hydrogen) atoms. The van der Waals surface area contributed by atoms with Crippen LogP contribution in [0.3, 0.4) is 0 Å². The van der Waals surface area contributed by atoms with E-state index < -0.39 is 0 Å². The van der Waals surface area contributed by atoms with Crippen LogP contribution in [0.4, 0.5) is 4.79 Å². The van der Waals surface area contributed by atoms with Gasteiger partial charge in [0, 0.05) is 30.4 Å². The first kappa shape index (κ1) is 19.6. The lowest BCUT2D eigenvalue weighted by Gasteiger charge is -2.42. The third-order valence-electron chi connectivity index (χ3n) is 6.12. The van der Waals surface area contributed by atoms with Crippen LogP contribution in [0.1, 0.15) is 37.8 Å². The first-order valence-corrected chi connectivity index (χ1v) is 10.4. The van der Waals surface area contributed by atoms with Crippen molar-refractivity contribution in [3.05, 3.63) is 54.4 Å². The number of pyridine rings is 1. The van der Waals surface area contributed by atoms with Crippen molar-refractivity contribution < 1.29 is 14.3 Å². The molecule has 1 aliphatic heterocycles. The van der Waals surface area contributed by atoms with Gasteiger partial charge in [-0.25, -0.2) is 4.79 Å². The molecule has 1 aromatic carbocycles. The molecule has 2 amide bonds. The van der Waals surface area contributed by atoms with E-state index in [9.17, 15) is 4.79 Å². The van der Waals surface area contributed by atoms with E-state index >= 15 is 0 Å². The molecule has 2 aromatic rings. The zero-order valence-electron chi connectivity index (χ0n) is 17.0. The van der Waals surface area contributed by atoms with Gasteiger partial charge in [0.15, 0.2) is 11.5 Å². The maximum absolute atomic E-state index is 12.9. The molecule has 6 nitrogen and oxygen atoms in total. The number of nitrogens with zero attached hydrogens (tertiary/aromatic N) is 2. The second-order valence-corrected chi connectivity index (χ2v) is 7.99. The van der Waals surface area contributed by atoms with Crippen LogP contribution in [0.25, 0.3) is 0 Å². The molecular weight excluding hydrogens is 366 g/mol. The lowest BCUT2D eigenvalue weighted by atomic mass is 9.66. The van der Waals surface area contributed by atoms with E-state index in [1.807, 2.05) is 47.5 Å². The Balaban J connectivity index is 1.34. The molecule has 0 radical (unpaired) electrons. The van der Waals surface area contributed by atoms with Crippen molar-refractivity contribution in [2.75, 3.05) is 26.7 Å². The second-order valence-electron chi connectivity index (χ2n) is 7.99. The first-order chi connectivity index (χ1) is 14.2. The normalized spacial score (nSPS) is 20.4.